The van der Waals surface area contributed by atoms with Gasteiger partial charge in [-0.3, -0.25) is 18.9 Å². The van der Waals surface area contributed by atoms with Gasteiger partial charge in [-0.05, 0) is 43.3 Å². The average molecular weight is 610 g/mol. The van der Waals surface area contributed by atoms with Crippen LogP contribution in [0.1, 0.15) is 23.7 Å². The van der Waals surface area contributed by atoms with E-state index in [1.54, 1.807) is 42.5 Å². The van der Waals surface area contributed by atoms with E-state index in [0.29, 0.717) is 33.7 Å². The number of fused-ring (bicyclic) bond motifs is 1. The smallest absolute Gasteiger partial charge is 0.363 e. The molecule has 43 heavy (non-hydrogen) atoms. The summed E-state index contributed by atoms with van der Waals surface area (Å²) >= 11 is 0. The Morgan fingerprint density at radius 2 is 1.77 bits per heavy atom. The first-order valence-corrected chi connectivity index (χ1v) is 15.4. The van der Waals surface area contributed by atoms with Crippen molar-refractivity contribution in [3.8, 4) is 17.2 Å². The van der Waals surface area contributed by atoms with Crippen molar-refractivity contribution in [3.05, 3.63) is 84.6 Å². The van der Waals surface area contributed by atoms with E-state index in [4.69, 9.17) is 9.62 Å². The van der Waals surface area contributed by atoms with Crippen molar-refractivity contribution in [1.29, 1.82) is 0 Å². The Bertz CT molecular complexity index is 1720. The summed E-state index contributed by atoms with van der Waals surface area (Å²) in [5.74, 6) is -0.171. The van der Waals surface area contributed by atoms with Crippen LogP contribution in [-0.4, -0.2) is 57.4 Å². The third-order valence-electron chi connectivity index (χ3n) is 6.76. The van der Waals surface area contributed by atoms with Gasteiger partial charge in [0.1, 0.15) is 30.3 Å². The number of hydrogen-bond donors (Lipinski definition) is 2. The Morgan fingerprint density at radius 1 is 1.02 bits per heavy atom. The third-order valence-corrected chi connectivity index (χ3v) is 7.12. The highest BCUT2D eigenvalue weighted by Gasteiger charge is 2.40. The Hall–Kier alpha value is -4.51. The van der Waals surface area contributed by atoms with E-state index < -0.39 is 31.6 Å². The molecule has 13 heteroatoms. The minimum atomic E-state index is -3.94. The van der Waals surface area contributed by atoms with E-state index in [1.165, 1.54) is 34.7 Å². The van der Waals surface area contributed by atoms with E-state index in [0.717, 1.165) is 6.66 Å². The number of ether oxygens (including phenoxy) is 1. The number of aromatic nitrogens is 1. The van der Waals surface area contributed by atoms with E-state index in [9.17, 15) is 28.2 Å². The lowest BCUT2D eigenvalue weighted by molar-refractivity contribution is -0.137. The van der Waals surface area contributed by atoms with Crippen LogP contribution in [0.15, 0.2) is 79.0 Å². The number of amides is 2. The van der Waals surface area contributed by atoms with Gasteiger partial charge in [0.05, 0.1) is 12.1 Å². The summed E-state index contributed by atoms with van der Waals surface area (Å²) in [6, 6.07) is 19.2. The first-order valence-electron chi connectivity index (χ1n) is 13.3. The van der Waals surface area contributed by atoms with Gasteiger partial charge in [-0.1, -0.05) is 24.3 Å². The summed E-state index contributed by atoms with van der Waals surface area (Å²) in [6.07, 6.45) is -0.0824. The van der Waals surface area contributed by atoms with Gasteiger partial charge in [0.15, 0.2) is 11.5 Å². The molecule has 2 heterocycles. The molecule has 1 unspecified atom stereocenters. The molecule has 4 aromatic rings. The van der Waals surface area contributed by atoms with Gasteiger partial charge in [-0.25, -0.2) is 4.39 Å². The molecule has 2 N–H and O–H groups in total. The van der Waals surface area contributed by atoms with Crippen LogP contribution in [-0.2, 0) is 25.4 Å². The lowest BCUT2D eigenvalue weighted by Gasteiger charge is -2.24. The Balaban J connectivity index is 1.33. The Kier molecular flexibility index (Phi) is 8.63. The number of benzene rings is 3. The molecule has 2 amide bonds. The van der Waals surface area contributed by atoms with Crippen molar-refractivity contribution in [2.24, 2.45) is 0 Å². The number of anilines is 1. The largest absolute Gasteiger partial charge is 0.457 e. The zero-order valence-electron chi connectivity index (χ0n) is 23.3. The second kappa shape index (κ2) is 12.4. The lowest BCUT2D eigenvalue weighted by Crippen LogP contribution is -2.44. The summed E-state index contributed by atoms with van der Waals surface area (Å²) in [7, 11) is -3.94. The zero-order chi connectivity index (χ0) is 30.7. The summed E-state index contributed by atoms with van der Waals surface area (Å²) in [5, 5.41) is 3.26. The van der Waals surface area contributed by atoms with Crippen molar-refractivity contribution < 1.29 is 42.5 Å². The maximum atomic E-state index is 14.6. The van der Waals surface area contributed by atoms with Crippen molar-refractivity contribution in [1.82, 2.24) is 9.47 Å². The van der Waals surface area contributed by atoms with Gasteiger partial charge in [-0.15, -0.1) is 4.67 Å². The van der Waals surface area contributed by atoms with Crippen LogP contribution in [0, 0.1) is 0 Å². The Labute approximate surface area is 246 Å². The number of nitrogens with one attached hydrogen (secondary N) is 1. The molecule has 0 bridgehead atoms. The predicted molar refractivity (Wildman–Crippen MR) is 156 cm³/mol. The number of nitrogens with zero attached hydrogens (tertiary/aromatic N) is 2. The summed E-state index contributed by atoms with van der Waals surface area (Å²) in [4.78, 5) is 54.5. The summed E-state index contributed by atoms with van der Waals surface area (Å²) in [5.41, 5.74) is 1.15. The van der Waals surface area contributed by atoms with Crippen LogP contribution in [0.3, 0.4) is 0 Å². The fraction of sp³-hybridized carbons (Fsp3) is 0.233. The molecule has 1 fully saturated rings. The van der Waals surface area contributed by atoms with Crippen LogP contribution >= 0.6 is 7.60 Å². The summed E-state index contributed by atoms with van der Waals surface area (Å²) < 4.78 is 37.9. The molecule has 1 aliphatic heterocycles. The SMILES string of the molecule is CC(=O)c1cn(CC(=O)N2C[C@H](F)C[C@H]2C(=O)Nc2cccc(Oc3ccccc3)c2)c2cc(OOP(C)(=O)O)ccc12. The number of hydrogen-bond acceptors (Lipinski definition) is 7. The van der Waals surface area contributed by atoms with Crippen LogP contribution in [0.2, 0.25) is 0 Å². The second-order valence-electron chi connectivity index (χ2n) is 10.2. The Morgan fingerprint density at radius 3 is 2.49 bits per heavy atom. The predicted octanol–water partition coefficient (Wildman–Crippen LogP) is 5.34. The van der Waals surface area contributed by atoms with E-state index in [-0.39, 0.29) is 31.0 Å². The molecule has 0 saturated carbocycles. The molecule has 3 aromatic carbocycles. The maximum Gasteiger partial charge on any atom is 0.363 e. The minimum absolute atomic E-state index is 0.0613. The highest BCUT2D eigenvalue weighted by Crippen LogP contribution is 2.38. The molecule has 1 aromatic heterocycles. The number of rotatable bonds is 10. The number of Topliss-reactive ketones (excluding diaryl/α,β-unsaturated/α-hetero) is 1. The molecule has 11 nitrogen and oxygen atoms in total. The van der Waals surface area contributed by atoms with Crippen molar-refractivity contribution in [2.45, 2.75) is 32.1 Å². The number of alkyl halides is 1. The molecule has 224 valence electrons. The molecule has 5 rings (SSSR count). The zero-order valence-corrected chi connectivity index (χ0v) is 24.2. The number of carbonyl (C=O) groups excluding carboxylic acids is 3. The molecular weight excluding hydrogens is 580 g/mol. The van der Waals surface area contributed by atoms with Gasteiger partial charge < -0.3 is 29.3 Å². The molecule has 1 aliphatic rings. The van der Waals surface area contributed by atoms with Crippen LogP contribution in [0.5, 0.6) is 17.2 Å². The maximum absolute atomic E-state index is 14.6. The first kappa shape index (κ1) is 30.0. The average Bonchev–Trinajstić information content (AvgIpc) is 3.53. The van der Waals surface area contributed by atoms with Gasteiger partial charge in [0.25, 0.3) is 0 Å². The molecule has 3 atom stereocenters. The quantitative estimate of drug-likeness (QED) is 0.106. The fourth-order valence-electron chi connectivity index (χ4n) is 4.88. The molecular formula is C30H29FN3O8P. The van der Waals surface area contributed by atoms with Crippen LogP contribution in [0.4, 0.5) is 10.1 Å². The highest BCUT2D eigenvalue weighted by molar-refractivity contribution is 7.51. The summed E-state index contributed by atoms with van der Waals surface area (Å²) in [6.45, 7) is 1.76. The number of ketones is 1. The molecule has 0 aliphatic carbocycles. The van der Waals surface area contributed by atoms with Crippen LogP contribution in [0.25, 0.3) is 10.9 Å². The number of likely N-dealkylation sites (tertiary alicyclic amines) is 1. The van der Waals surface area contributed by atoms with Crippen LogP contribution < -0.4 is 14.9 Å². The normalized spacial score (nSPS) is 17.8. The number of halogens is 1. The van der Waals surface area contributed by atoms with Crippen molar-refractivity contribution in [3.63, 3.8) is 0 Å². The third kappa shape index (κ3) is 7.29. The van der Waals surface area contributed by atoms with E-state index in [2.05, 4.69) is 9.99 Å². The second-order valence-corrected chi connectivity index (χ2v) is 11.9. The highest BCUT2D eigenvalue weighted by atomic mass is 31.2. The number of para-hydroxylation sites is 1. The van der Waals surface area contributed by atoms with Crippen molar-refractivity contribution >= 4 is 41.8 Å². The van der Waals surface area contributed by atoms with Gasteiger partial charge in [-0.2, -0.15) is 0 Å². The van der Waals surface area contributed by atoms with E-state index >= 15 is 0 Å². The van der Waals surface area contributed by atoms with Gasteiger partial charge in [0.2, 0.25) is 11.8 Å². The van der Waals surface area contributed by atoms with E-state index in [1.807, 2.05) is 18.2 Å². The fourth-order valence-corrected chi connectivity index (χ4v) is 5.10. The van der Waals surface area contributed by atoms with Gasteiger partial charge in [0, 0.05) is 48.1 Å². The first-order chi connectivity index (χ1) is 20.5. The lowest BCUT2D eigenvalue weighted by atomic mass is 10.1. The minimum Gasteiger partial charge on any atom is -0.457 e. The molecule has 0 spiro atoms. The van der Waals surface area contributed by atoms with Gasteiger partial charge >= 0.3 is 7.60 Å². The number of carbonyl (C=O) groups is 3. The molecule has 0 radical (unpaired) electrons. The van der Waals surface area contributed by atoms with Crippen molar-refractivity contribution in [2.75, 3.05) is 18.5 Å². The monoisotopic (exact) mass is 609 g/mol. The molecule has 1 saturated heterocycles. The standard InChI is InChI=1S/C30H29FN3O8P/c1-19(35)26-17-33(27-15-24(11-12-25(26)27)41-42-43(2,38)39)18-29(36)34-16-20(31)13-28(34)30(37)32-21-7-6-10-23(14-21)40-22-8-4-3-5-9-22/h3-12,14-15,17,20,28H,13,16,18H2,1-2H3,(H,32,37)(H,38,39)/t20-,28+/m1/s1. The topological polar surface area (TPSA) is 136 Å².